The van der Waals surface area contributed by atoms with E-state index >= 15 is 0 Å². The summed E-state index contributed by atoms with van der Waals surface area (Å²) in [6.45, 7) is 3.34. The Hall–Kier alpha value is -2.94. The average molecular weight is 454 g/mol. The summed E-state index contributed by atoms with van der Waals surface area (Å²) in [4.78, 5) is 15.8. The van der Waals surface area contributed by atoms with Crippen LogP contribution in [0.5, 0.6) is 5.75 Å². The molecule has 0 bridgehead atoms. The van der Waals surface area contributed by atoms with Gasteiger partial charge in [0.2, 0.25) is 5.95 Å². The predicted molar refractivity (Wildman–Crippen MR) is 125 cm³/mol. The molecule has 0 amide bonds. The fourth-order valence-corrected chi connectivity index (χ4v) is 4.57. The predicted octanol–water partition coefficient (Wildman–Crippen LogP) is 5.00. The van der Waals surface area contributed by atoms with Gasteiger partial charge in [0.25, 0.3) is 0 Å². The molecule has 158 valence electrons. The molecule has 1 fully saturated rings. The summed E-state index contributed by atoms with van der Waals surface area (Å²) in [5.41, 5.74) is 3.54. The zero-order valence-electron chi connectivity index (χ0n) is 16.8. The summed E-state index contributed by atoms with van der Waals surface area (Å²) in [6.07, 6.45) is 3.47. The van der Waals surface area contributed by atoms with Crippen molar-refractivity contribution < 1.29 is 9.47 Å². The van der Waals surface area contributed by atoms with Crippen molar-refractivity contribution in [3.63, 3.8) is 0 Å². The summed E-state index contributed by atoms with van der Waals surface area (Å²) in [5, 5.41) is 7.29. The molecule has 3 heterocycles. The Labute approximate surface area is 188 Å². The van der Waals surface area contributed by atoms with Crippen molar-refractivity contribution in [1.82, 2.24) is 15.0 Å². The highest BCUT2D eigenvalue weighted by atomic mass is 35.5. The van der Waals surface area contributed by atoms with Gasteiger partial charge in [0.1, 0.15) is 16.3 Å². The average Bonchev–Trinajstić information content (AvgIpc) is 3.35. The number of morpholine rings is 1. The maximum absolute atomic E-state index is 6.66. The first kappa shape index (κ1) is 20.0. The minimum absolute atomic E-state index is 0.475. The maximum atomic E-state index is 6.66. The first-order chi connectivity index (χ1) is 15.2. The van der Waals surface area contributed by atoms with Gasteiger partial charge < -0.3 is 19.7 Å². The third kappa shape index (κ3) is 4.01. The number of hydrogen-bond donors (Lipinski definition) is 1. The number of ether oxygens (including phenoxy) is 2. The van der Waals surface area contributed by atoms with Crippen molar-refractivity contribution in [2.45, 2.75) is 0 Å². The zero-order valence-corrected chi connectivity index (χ0v) is 18.4. The number of aromatic nitrogens is 3. The number of rotatable bonds is 5. The molecule has 9 heteroatoms. The van der Waals surface area contributed by atoms with Crippen LogP contribution in [0.1, 0.15) is 0 Å². The van der Waals surface area contributed by atoms with Crippen LogP contribution in [0.25, 0.3) is 21.5 Å². The topological polar surface area (TPSA) is 72.4 Å². The van der Waals surface area contributed by atoms with Crippen LogP contribution >= 0.6 is 22.9 Å². The second kappa shape index (κ2) is 8.66. The molecule has 1 saturated heterocycles. The van der Waals surface area contributed by atoms with Crippen LogP contribution < -0.4 is 15.0 Å². The first-order valence-corrected chi connectivity index (χ1v) is 11.1. The molecule has 7 nitrogen and oxygen atoms in total. The Morgan fingerprint density at radius 2 is 1.97 bits per heavy atom. The van der Waals surface area contributed by atoms with Gasteiger partial charge in [-0.1, -0.05) is 11.6 Å². The smallest absolute Gasteiger partial charge is 0.227 e. The molecule has 1 N–H and O–H groups in total. The van der Waals surface area contributed by atoms with Crippen LogP contribution in [0.4, 0.5) is 17.3 Å². The Kier molecular flexibility index (Phi) is 5.59. The third-order valence-corrected chi connectivity index (χ3v) is 6.37. The highest BCUT2D eigenvalue weighted by molar-refractivity contribution is 7.13. The van der Waals surface area contributed by atoms with Crippen LogP contribution in [0.3, 0.4) is 0 Å². The first-order valence-electron chi connectivity index (χ1n) is 9.86. The summed E-state index contributed by atoms with van der Waals surface area (Å²) in [5.74, 6) is 1.10. The summed E-state index contributed by atoms with van der Waals surface area (Å²) >= 11 is 8.18. The largest absolute Gasteiger partial charge is 0.494 e. The highest BCUT2D eigenvalue weighted by Gasteiger charge is 2.17. The van der Waals surface area contributed by atoms with Crippen molar-refractivity contribution in [3.05, 3.63) is 53.1 Å². The quantitative estimate of drug-likeness (QED) is 0.456. The normalized spacial score (nSPS) is 14.1. The monoisotopic (exact) mass is 453 g/mol. The minimum atomic E-state index is 0.475. The third-order valence-electron chi connectivity index (χ3n) is 5.15. The summed E-state index contributed by atoms with van der Waals surface area (Å²) in [6, 6.07) is 10.1. The Morgan fingerprint density at radius 1 is 1.16 bits per heavy atom. The molecule has 1 aliphatic rings. The molecule has 5 rings (SSSR count). The lowest BCUT2D eigenvalue weighted by Crippen LogP contribution is -2.36. The molecule has 2 aromatic carbocycles. The van der Waals surface area contributed by atoms with Gasteiger partial charge in [-0.15, -0.1) is 11.3 Å². The van der Waals surface area contributed by atoms with Gasteiger partial charge in [-0.25, -0.2) is 15.0 Å². The molecule has 0 aliphatic carbocycles. The number of methoxy groups -OCH3 is 1. The van der Waals surface area contributed by atoms with E-state index in [1.54, 1.807) is 19.5 Å². The second-order valence-electron chi connectivity index (χ2n) is 7.00. The molecule has 31 heavy (non-hydrogen) atoms. The van der Waals surface area contributed by atoms with Gasteiger partial charge in [0.15, 0.2) is 0 Å². The number of thiazole rings is 1. The van der Waals surface area contributed by atoms with E-state index in [0.717, 1.165) is 47.9 Å². The van der Waals surface area contributed by atoms with Crippen LogP contribution in [-0.2, 0) is 4.74 Å². The van der Waals surface area contributed by atoms with E-state index in [-0.39, 0.29) is 0 Å². The second-order valence-corrected chi connectivity index (χ2v) is 8.28. The molecule has 0 saturated carbocycles. The highest BCUT2D eigenvalue weighted by Crippen LogP contribution is 2.40. The molecule has 0 radical (unpaired) electrons. The lowest BCUT2D eigenvalue weighted by Gasteiger charge is -2.28. The van der Waals surface area contributed by atoms with Crippen molar-refractivity contribution in [2.24, 2.45) is 0 Å². The van der Waals surface area contributed by atoms with Gasteiger partial charge in [-0.2, -0.15) is 0 Å². The molecule has 0 spiro atoms. The van der Waals surface area contributed by atoms with E-state index in [9.17, 15) is 0 Å². The lowest BCUT2D eigenvalue weighted by atomic mass is 10.1. The van der Waals surface area contributed by atoms with Crippen LogP contribution in [0, 0.1) is 0 Å². The standard InChI is InChI=1S/C22H20ClN5O2S/c1-29-18-12-16(21-24-6-11-31-21)19(23)17-13-25-22(27-20(17)18)26-14-2-4-15(5-3-14)28-7-9-30-10-8-28/h2-6,11-13H,7-10H2,1H3,(H,25,26,27). The van der Waals surface area contributed by atoms with E-state index < -0.39 is 0 Å². The number of nitrogens with one attached hydrogen (secondary N) is 1. The number of hydrogen-bond acceptors (Lipinski definition) is 8. The number of nitrogens with zero attached hydrogens (tertiary/aromatic N) is 4. The van der Waals surface area contributed by atoms with Crippen LogP contribution in [0.15, 0.2) is 48.1 Å². The Balaban J connectivity index is 1.44. The summed E-state index contributed by atoms with van der Waals surface area (Å²) in [7, 11) is 1.62. The van der Waals surface area contributed by atoms with Crippen molar-refractivity contribution in [1.29, 1.82) is 0 Å². The van der Waals surface area contributed by atoms with Gasteiger partial charge in [-0.3, -0.25) is 0 Å². The van der Waals surface area contributed by atoms with Crippen molar-refractivity contribution in [3.8, 4) is 16.3 Å². The lowest BCUT2D eigenvalue weighted by molar-refractivity contribution is 0.122. The number of halogens is 1. The number of anilines is 3. The summed E-state index contributed by atoms with van der Waals surface area (Å²) < 4.78 is 11.0. The van der Waals surface area contributed by atoms with E-state index in [4.69, 9.17) is 21.1 Å². The SMILES string of the molecule is COc1cc(-c2nccs2)c(Cl)c2cnc(Nc3ccc(N4CCOCC4)cc3)nc12. The van der Waals surface area contributed by atoms with E-state index in [2.05, 4.69) is 37.3 Å². The molecule has 0 atom stereocenters. The Morgan fingerprint density at radius 3 is 2.68 bits per heavy atom. The fourth-order valence-electron chi connectivity index (χ4n) is 3.57. The van der Waals surface area contributed by atoms with Gasteiger partial charge >= 0.3 is 0 Å². The minimum Gasteiger partial charge on any atom is -0.494 e. The van der Waals surface area contributed by atoms with Gasteiger partial charge in [-0.05, 0) is 30.3 Å². The zero-order chi connectivity index (χ0) is 21.2. The molecule has 2 aromatic heterocycles. The van der Waals surface area contributed by atoms with Crippen LogP contribution in [-0.4, -0.2) is 48.4 Å². The van der Waals surface area contributed by atoms with Crippen LogP contribution in [0.2, 0.25) is 5.02 Å². The molecular weight excluding hydrogens is 434 g/mol. The molecule has 4 aromatic rings. The van der Waals surface area contributed by atoms with Gasteiger partial charge in [0.05, 0.1) is 25.3 Å². The molecule has 1 aliphatic heterocycles. The van der Waals surface area contributed by atoms with E-state index in [1.165, 1.54) is 17.0 Å². The van der Waals surface area contributed by atoms with E-state index in [1.807, 2.05) is 23.6 Å². The fraction of sp³-hybridized carbons (Fsp3) is 0.227. The molecular formula is C22H20ClN5O2S. The maximum Gasteiger partial charge on any atom is 0.227 e. The van der Waals surface area contributed by atoms with Crippen molar-refractivity contribution >= 4 is 51.2 Å². The Bertz CT molecular complexity index is 1190. The molecule has 0 unspecified atom stereocenters. The number of fused-ring (bicyclic) bond motifs is 1. The van der Waals surface area contributed by atoms with Crippen molar-refractivity contribution in [2.75, 3.05) is 43.6 Å². The van der Waals surface area contributed by atoms with Gasteiger partial charge in [0, 0.05) is 53.2 Å². The van der Waals surface area contributed by atoms with E-state index in [0.29, 0.717) is 22.2 Å². The number of benzene rings is 2.